The molecular formula is C21H25NO6. The van der Waals surface area contributed by atoms with Crippen LogP contribution >= 0.6 is 0 Å². The Labute approximate surface area is 164 Å². The van der Waals surface area contributed by atoms with Gasteiger partial charge in [0.05, 0.1) is 18.9 Å². The van der Waals surface area contributed by atoms with Crippen LogP contribution in [0, 0.1) is 13.8 Å². The second-order valence-corrected chi connectivity index (χ2v) is 6.10. The third kappa shape index (κ3) is 5.39. The van der Waals surface area contributed by atoms with Gasteiger partial charge in [0, 0.05) is 11.6 Å². The Morgan fingerprint density at radius 3 is 2.18 bits per heavy atom. The molecule has 2 rings (SSSR count). The van der Waals surface area contributed by atoms with Crippen molar-refractivity contribution in [3.8, 4) is 17.2 Å². The van der Waals surface area contributed by atoms with Gasteiger partial charge in [0.25, 0.3) is 5.91 Å². The first kappa shape index (κ1) is 21.1. The average Bonchev–Trinajstić information content (AvgIpc) is 2.63. The molecule has 0 heterocycles. The van der Waals surface area contributed by atoms with Gasteiger partial charge >= 0.3 is 5.97 Å². The zero-order chi connectivity index (χ0) is 20.7. The van der Waals surface area contributed by atoms with Crippen LogP contribution in [-0.2, 0) is 4.79 Å². The van der Waals surface area contributed by atoms with Gasteiger partial charge in [-0.15, -0.1) is 0 Å². The lowest BCUT2D eigenvalue weighted by Gasteiger charge is -2.15. The van der Waals surface area contributed by atoms with Gasteiger partial charge in [-0.1, -0.05) is 0 Å². The molecule has 2 N–H and O–H groups in total. The van der Waals surface area contributed by atoms with Crippen LogP contribution < -0.4 is 19.5 Å². The fraction of sp³-hybridized carbons (Fsp3) is 0.333. The van der Waals surface area contributed by atoms with E-state index in [4.69, 9.17) is 19.3 Å². The number of carbonyl (C=O) groups excluding carboxylic acids is 1. The number of carboxylic acid groups (broad SMARTS) is 1. The Kier molecular flexibility index (Phi) is 7.26. The minimum atomic E-state index is -1.06. The first-order chi connectivity index (χ1) is 13.3. The third-order valence-electron chi connectivity index (χ3n) is 3.87. The Balaban J connectivity index is 2.27. The van der Waals surface area contributed by atoms with Gasteiger partial charge in [-0.3, -0.25) is 4.79 Å². The van der Waals surface area contributed by atoms with Crippen LogP contribution in [0.4, 0.5) is 5.69 Å². The Hall–Kier alpha value is -3.22. The third-order valence-corrected chi connectivity index (χ3v) is 3.87. The van der Waals surface area contributed by atoms with E-state index in [1.165, 1.54) is 0 Å². The van der Waals surface area contributed by atoms with Crippen LogP contribution in [0.5, 0.6) is 17.2 Å². The maximum absolute atomic E-state index is 12.8. The molecule has 0 saturated heterocycles. The van der Waals surface area contributed by atoms with Crippen molar-refractivity contribution in [1.29, 1.82) is 0 Å². The molecule has 0 radical (unpaired) electrons. The van der Waals surface area contributed by atoms with Crippen LogP contribution in [0.3, 0.4) is 0 Å². The summed E-state index contributed by atoms with van der Waals surface area (Å²) in [5.41, 5.74) is 2.31. The number of nitrogens with one attached hydrogen (secondary N) is 1. The number of aryl methyl sites for hydroxylation is 2. The largest absolute Gasteiger partial charge is 0.494 e. The Morgan fingerprint density at radius 2 is 1.61 bits per heavy atom. The normalized spacial score (nSPS) is 10.3. The molecule has 150 valence electrons. The molecule has 2 aromatic carbocycles. The fourth-order valence-electron chi connectivity index (χ4n) is 2.78. The molecule has 7 heteroatoms. The van der Waals surface area contributed by atoms with Crippen molar-refractivity contribution < 1.29 is 28.9 Å². The zero-order valence-corrected chi connectivity index (χ0v) is 16.5. The van der Waals surface area contributed by atoms with Crippen molar-refractivity contribution in [1.82, 2.24) is 0 Å². The van der Waals surface area contributed by atoms with E-state index in [-0.39, 0.29) is 5.91 Å². The van der Waals surface area contributed by atoms with Crippen molar-refractivity contribution in [2.24, 2.45) is 0 Å². The minimum absolute atomic E-state index is 0.314. The molecule has 0 spiro atoms. The predicted molar refractivity (Wildman–Crippen MR) is 106 cm³/mol. The second-order valence-electron chi connectivity index (χ2n) is 6.10. The molecule has 0 bridgehead atoms. The number of carbonyl (C=O) groups is 2. The molecule has 0 fully saturated rings. The summed E-state index contributed by atoms with van der Waals surface area (Å²) in [6.07, 6.45) is 0. The molecular weight excluding hydrogens is 362 g/mol. The maximum Gasteiger partial charge on any atom is 0.341 e. The van der Waals surface area contributed by atoms with E-state index in [0.717, 1.165) is 0 Å². The summed E-state index contributed by atoms with van der Waals surface area (Å²) in [7, 11) is 0. The summed E-state index contributed by atoms with van der Waals surface area (Å²) in [6, 6.07) is 8.57. The van der Waals surface area contributed by atoms with Crippen LogP contribution in [0.15, 0.2) is 30.3 Å². The second kappa shape index (κ2) is 9.64. The summed E-state index contributed by atoms with van der Waals surface area (Å²) in [5, 5.41) is 11.6. The highest BCUT2D eigenvalue weighted by Gasteiger charge is 2.15. The standard InChI is InChI=1S/C21H25NO6/c1-5-26-16-7-8-18(27-6-2)17(11-16)22-21(25)15-9-13(3)20(14(4)10-15)28-12-19(23)24/h7-11H,5-6,12H2,1-4H3,(H,22,25)(H,23,24). The lowest BCUT2D eigenvalue weighted by atomic mass is 10.0. The summed E-state index contributed by atoms with van der Waals surface area (Å²) in [6.45, 7) is 7.82. The molecule has 28 heavy (non-hydrogen) atoms. The monoisotopic (exact) mass is 387 g/mol. The molecule has 1 amide bonds. The van der Waals surface area contributed by atoms with Crippen LogP contribution in [0.1, 0.15) is 35.3 Å². The molecule has 2 aromatic rings. The number of ether oxygens (including phenoxy) is 3. The van der Waals surface area contributed by atoms with E-state index < -0.39 is 12.6 Å². The van der Waals surface area contributed by atoms with Gasteiger partial charge in [0.2, 0.25) is 0 Å². The van der Waals surface area contributed by atoms with E-state index in [1.54, 1.807) is 44.2 Å². The van der Waals surface area contributed by atoms with E-state index in [2.05, 4.69) is 5.32 Å². The highest BCUT2D eigenvalue weighted by Crippen LogP contribution is 2.31. The van der Waals surface area contributed by atoms with Gasteiger partial charge < -0.3 is 24.6 Å². The molecule has 0 aromatic heterocycles. The van der Waals surface area contributed by atoms with Gasteiger partial charge in [-0.25, -0.2) is 4.79 Å². The SMILES string of the molecule is CCOc1ccc(OCC)c(NC(=O)c2cc(C)c(OCC(=O)O)c(C)c2)c1. The van der Waals surface area contributed by atoms with Crippen molar-refractivity contribution in [2.45, 2.75) is 27.7 Å². The molecule has 0 unspecified atom stereocenters. The molecule has 0 aliphatic heterocycles. The molecule has 0 saturated carbocycles. The van der Waals surface area contributed by atoms with E-state index in [0.29, 0.717) is 52.8 Å². The smallest absolute Gasteiger partial charge is 0.341 e. The Bertz CT molecular complexity index is 839. The van der Waals surface area contributed by atoms with E-state index in [1.807, 2.05) is 13.8 Å². The van der Waals surface area contributed by atoms with Crippen molar-refractivity contribution in [3.63, 3.8) is 0 Å². The average molecular weight is 387 g/mol. The number of amides is 1. The molecule has 0 atom stereocenters. The minimum Gasteiger partial charge on any atom is -0.494 e. The van der Waals surface area contributed by atoms with Gasteiger partial charge in [0.1, 0.15) is 17.2 Å². The highest BCUT2D eigenvalue weighted by atomic mass is 16.5. The topological polar surface area (TPSA) is 94.1 Å². The zero-order valence-electron chi connectivity index (χ0n) is 16.5. The number of aliphatic carboxylic acids is 1. The van der Waals surface area contributed by atoms with Crippen molar-refractivity contribution in [3.05, 3.63) is 47.0 Å². The first-order valence-corrected chi connectivity index (χ1v) is 9.02. The van der Waals surface area contributed by atoms with E-state index in [9.17, 15) is 9.59 Å². The lowest BCUT2D eigenvalue weighted by molar-refractivity contribution is -0.139. The van der Waals surface area contributed by atoms with Gasteiger partial charge in [0.15, 0.2) is 6.61 Å². The number of anilines is 1. The number of carboxylic acids is 1. The van der Waals surface area contributed by atoms with Gasteiger partial charge in [-0.05, 0) is 63.1 Å². The highest BCUT2D eigenvalue weighted by molar-refractivity contribution is 6.05. The van der Waals surface area contributed by atoms with E-state index >= 15 is 0 Å². The molecule has 7 nitrogen and oxygen atoms in total. The van der Waals surface area contributed by atoms with Crippen LogP contribution in [0.2, 0.25) is 0 Å². The summed E-state index contributed by atoms with van der Waals surface area (Å²) in [5.74, 6) is 0.274. The number of benzene rings is 2. The quantitative estimate of drug-likeness (QED) is 0.679. The predicted octanol–water partition coefficient (Wildman–Crippen LogP) is 3.82. The maximum atomic E-state index is 12.8. The molecule has 0 aliphatic rings. The first-order valence-electron chi connectivity index (χ1n) is 9.02. The van der Waals surface area contributed by atoms with Crippen LogP contribution in [-0.4, -0.2) is 36.8 Å². The van der Waals surface area contributed by atoms with Crippen molar-refractivity contribution in [2.75, 3.05) is 25.1 Å². The number of rotatable bonds is 9. The van der Waals surface area contributed by atoms with Crippen molar-refractivity contribution >= 4 is 17.6 Å². The fourth-order valence-corrected chi connectivity index (χ4v) is 2.78. The summed E-state index contributed by atoms with van der Waals surface area (Å²) < 4.78 is 16.4. The van der Waals surface area contributed by atoms with Gasteiger partial charge in [-0.2, -0.15) is 0 Å². The number of hydrogen-bond donors (Lipinski definition) is 2. The Morgan fingerprint density at radius 1 is 0.964 bits per heavy atom. The van der Waals surface area contributed by atoms with Crippen LogP contribution in [0.25, 0.3) is 0 Å². The molecule has 0 aliphatic carbocycles. The number of hydrogen-bond acceptors (Lipinski definition) is 5. The summed E-state index contributed by atoms with van der Waals surface area (Å²) >= 11 is 0. The lowest BCUT2D eigenvalue weighted by Crippen LogP contribution is -2.15. The summed E-state index contributed by atoms with van der Waals surface area (Å²) in [4.78, 5) is 23.5.